The van der Waals surface area contributed by atoms with Crippen LogP contribution in [0.1, 0.15) is 25.1 Å². The lowest BCUT2D eigenvalue weighted by atomic mass is 10.0. The molecule has 1 aliphatic heterocycles. The van der Waals surface area contributed by atoms with Crippen molar-refractivity contribution in [3.8, 4) is 6.07 Å². The summed E-state index contributed by atoms with van der Waals surface area (Å²) < 4.78 is 0. The summed E-state index contributed by atoms with van der Waals surface area (Å²) in [5, 5.41) is 8.97. The second-order valence-corrected chi connectivity index (χ2v) is 6.76. The zero-order valence-corrected chi connectivity index (χ0v) is 14.7. The molecule has 0 N–H and O–H groups in total. The minimum atomic E-state index is -0.993. The van der Waals surface area contributed by atoms with E-state index in [2.05, 4.69) is 17.6 Å². The maximum atomic E-state index is 12.9. The van der Waals surface area contributed by atoms with Crippen LogP contribution >= 0.6 is 12.6 Å². The monoisotopic (exact) mass is 352 g/mol. The number of anilines is 1. The average molecular weight is 352 g/mol. The van der Waals surface area contributed by atoms with E-state index in [4.69, 9.17) is 5.26 Å². The van der Waals surface area contributed by atoms with Gasteiger partial charge in [0.15, 0.2) is 0 Å². The van der Waals surface area contributed by atoms with Gasteiger partial charge >= 0.3 is 6.03 Å². The lowest BCUT2D eigenvalue weighted by Crippen LogP contribution is -2.43. The van der Waals surface area contributed by atoms with E-state index in [9.17, 15) is 9.59 Å². The summed E-state index contributed by atoms with van der Waals surface area (Å²) >= 11 is 4.22. The number of amides is 3. The maximum Gasteiger partial charge on any atom is 0.332 e. The highest BCUT2D eigenvalue weighted by Gasteiger charge is 2.51. The molecule has 2 aromatic rings. The molecule has 0 bridgehead atoms. The summed E-state index contributed by atoms with van der Waals surface area (Å²) in [5.41, 5.74) is 0.533. The van der Waals surface area contributed by atoms with Crippen LogP contribution in [0.2, 0.25) is 0 Å². The van der Waals surface area contributed by atoms with Crippen molar-refractivity contribution in [2.24, 2.45) is 0 Å². The number of nitriles is 1. The summed E-state index contributed by atoms with van der Waals surface area (Å²) in [4.78, 5) is 33.1. The zero-order chi connectivity index (χ0) is 18.2. The largest absolute Gasteiger partial charge is 0.332 e. The predicted molar refractivity (Wildman–Crippen MR) is 95.2 cm³/mol. The number of imide groups is 1. The summed E-state index contributed by atoms with van der Waals surface area (Å²) in [6.45, 7) is 3.65. The molecule has 0 aliphatic carbocycles. The topological polar surface area (TPSA) is 77.3 Å². The Balaban J connectivity index is 1.94. The Morgan fingerprint density at radius 3 is 2.52 bits per heavy atom. The highest BCUT2D eigenvalue weighted by Crippen LogP contribution is 2.33. The van der Waals surface area contributed by atoms with Crippen LogP contribution < -0.4 is 4.90 Å². The lowest BCUT2D eigenvalue weighted by molar-refractivity contribution is -0.123. The number of carbonyl (C=O) groups excluding carboxylic acids is 2. The molecule has 7 heteroatoms. The standard InChI is InChI=1S/C18H16N4O2S/c1-18(2)16(23)22(14-3-5-15(25)6-4-14)17(24)21(18)11-12-7-8-20-13(9-12)10-19/h3-9,25H,11H2,1-2H3. The number of nitrogens with zero attached hydrogens (tertiary/aromatic N) is 4. The number of carbonyl (C=O) groups is 2. The molecule has 1 aromatic heterocycles. The third-order valence-electron chi connectivity index (χ3n) is 4.21. The number of thiol groups is 1. The first-order valence-corrected chi connectivity index (χ1v) is 8.09. The molecule has 3 amide bonds. The fraction of sp³-hybridized carbons (Fsp3) is 0.222. The van der Waals surface area contributed by atoms with Gasteiger partial charge in [-0.15, -0.1) is 12.6 Å². The van der Waals surface area contributed by atoms with Crippen LogP contribution in [0.4, 0.5) is 10.5 Å². The Labute approximate surface area is 151 Å². The van der Waals surface area contributed by atoms with E-state index in [1.54, 1.807) is 50.2 Å². The van der Waals surface area contributed by atoms with Gasteiger partial charge in [-0.25, -0.2) is 14.7 Å². The van der Waals surface area contributed by atoms with Crippen molar-refractivity contribution in [3.63, 3.8) is 0 Å². The molecule has 0 atom stereocenters. The second-order valence-electron chi connectivity index (χ2n) is 6.25. The van der Waals surface area contributed by atoms with Crippen LogP contribution in [0.15, 0.2) is 47.5 Å². The molecule has 126 valence electrons. The number of pyridine rings is 1. The van der Waals surface area contributed by atoms with E-state index in [1.165, 1.54) is 16.0 Å². The third kappa shape index (κ3) is 2.96. The van der Waals surface area contributed by atoms with Crippen LogP contribution in [0, 0.1) is 11.3 Å². The van der Waals surface area contributed by atoms with E-state index in [0.717, 1.165) is 10.5 Å². The first-order chi connectivity index (χ1) is 11.8. The summed E-state index contributed by atoms with van der Waals surface area (Å²) in [5.74, 6) is -0.293. The van der Waals surface area contributed by atoms with Gasteiger partial charge in [-0.05, 0) is 55.8 Å². The molecule has 2 heterocycles. The van der Waals surface area contributed by atoms with Gasteiger partial charge < -0.3 is 4.90 Å². The molecule has 3 rings (SSSR count). The molecule has 1 aromatic carbocycles. The molecule has 0 spiro atoms. The Kier molecular flexibility index (Phi) is 4.23. The first-order valence-electron chi connectivity index (χ1n) is 7.65. The first kappa shape index (κ1) is 17.0. The Hall–Kier alpha value is -2.85. The van der Waals surface area contributed by atoms with Crippen molar-refractivity contribution >= 4 is 30.3 Å². The Bertz CT molecular complexity index is 887. The number of hydrogen-bond donors (Lipinski definition) is 1. The van der Waals surface area contributed by atoms with E-state index in [-0.39, 0.29) is 18.1 Å². The van der Waals surface area contributed by atoms with Crippen molar-refractivity contribution in [1.82, 2.24) is 9.88 Å². The van der Waals surface area contributed by atoms with Gasteiger partial charge in [-0.2, -0.15) is 5.26 Å². The van der Waals surface area contributed by atoms with E-state index in [0.29, 0.717) is 5.69 Å². The Morgan fingerprint density at radius 1 is 1.20 bits per heavy atom. The molecule has 1 aliphatic rings. The second kappa shape index (κ2) is 6.22. The predicted octanol–water partition coefficient (Wildman–Crippen LogP) is 2.99. The quantitative estimate of drug-likeness (QED) is 0.680. The average Bonchev–Trinajstić information content (AvgIpc) is 2.76. The van der Waals surface area contributed by atoms with E-state index < -0.39 is 11.6 Å². The molecule has 0 radical (unpaired) electrons. The van der Waals surface area contributed by atoms with Crippen molar-refractivity contribution in [3.05, 3.63) is 53.9 Å². The van der Waals surface area contributed by atoms with Gasteiger partial charge in [0.2, 0.25) is 0 Å². The van der Waals surface area contributed by atoms with E-state index >= 15 is 0 Å². The summed E-state index contributed by atoms with van der Waals surface area (Å²) in [6, 6.07) is 11.8. The van der Waals surface area contributed by atoms with Crippen LogP contribution in [0.25, 0.3) is 0 Å². The zero-order valence-electron chi connectivity index (χ0n) is 13.8. The summed E-state index contributed by atoms with van der Waals surface area (Å²) in [7, 11) is 0. The molecule has 0 unspecified atom stereocenters. The molecule has 0 saturated carbocycles. The number of rotatable bonds is 3. The number of urea groups is 1. The van der Waals surface area contributed by atoms with Gasteiger partial charge in [-0.3, -0.25) is 4.79 Å². The molecular weight excluding hydrogens is 336 g/mol. The molecule has 1 saturated heterocycles. The Morgan fingerprint density at radius 2 is 1.88 bits per heavy atom. The smallest absolute Gasteiger partial charge is 0.305 e. The highest BCUT2D eigenvalue weighted by atomic mass is 32.1. The SMILES string of the molecule is CC1(C)C(=O)N(c2ccc(S)cc2)C(=O)N1Cc1ccnc(C#N)c1. The van der Waals surface area contributed by atoms with Crippen LogP contribution in [-0.4, -0.2) is 27.4 Å². The van der Waals surface area contributed by atoms with Gasteiger partial charge in [0.05, 0.1) is 5.69 Å². The maximum absolute atomic E-state index is 12.9. The molecule has 1 fully saturated rings. The fourth-order valence-corrected chi connectivity index (χ4v) is 2.90. The lowest BCUT2D eigenvalue weighted by Gasteiger charge is -2.27. The van der Waals surface area contributed by atoms with Crippen molar-refractivity contribution in [1.29, 1.82) is 5.26 Å². The molecule has 6 nitrogen and oxygen atoms in total. The third-order valence-corrected chi connectivity index (χ3v) is 4.51. The van der Waals surface area contributed by atoms with Crippen LogP contribution in [0.5, 0.6) is 0 Å². The summed E-state index contributed by atoms with van der Waals surface area (Å²) in [6.07, 6.45) is 1.52. The van der Waals surface area contributed by atoms with Crippen LogP contribution in [0.3, 0.4) is 0 Å². The van der Waals surface area contributed by atoms with E-state index in [1.807, 2.05) is 6.07 Å². The molecular formula is C18H16N4O2S. The number of hydrogen-bond acceptors (Lipinski definition) is 5. The number of benzene rings is 1. The highest BCUT2D eigenvalue weighted by molar-refractivity contribution is 7.80. The minimum Gasteiger partial charge on any atom is -0.305 e. The van der Waals surface area contributed by atoms with Crippen molar-refractivity contribution < 1.29 is 9.59 Å². The van der Waals surface area contributed by atoms with Crippen molar-refractivity contribution in [2.45, 2.75) is 30.8 Å². The van der Waals surface area contributed by atoms with Gasteiger partial charge in [0.1, 0.15) is 17.3 Å². The van der Waals surface area contributed by atoms with Crippen LogP contribution in [-0.2, 0) is 11.3 Å². The number of aromatic nitrogens is 1. The van der Waals surface area contributed by atoms with Gasteiger partial charge in [0.25, 0.3) is 5.91 Å². The fourth-order valence-electron chi connectivity index (χ4n) is 2.75. The molecule has 25 heavy (non-hydrogen) atoms. The minimum absolute atomic E-state index is 0.218. The van der Waals surface area contributed by atoms with Crippen molar-refractivity contribution in [2.75, 3.05) is 4.90 Å². The van der Waals surface area contributed by atoms with Gasteiger partial charge in [0, 0.05) is 17.6 Å². The normalized spacial score (nSPS) is 16.2. The van der Waals surface area contributed by atoms with Gasteiger partial charge in [-0.1, -0.05) is 0 Å².